The number of thiazole rings is 1. The first-order valence-electron chi connectivity index (χ1n) is 9.64. The summed E-state index contributed by atoms with van der Waals surface area (Å²) in [5.74, 6) is 0.740. The average molecular weight is 423 g/mol. The Balaban J connectivity index is 1.34. The third-order valence-corrected chi connectivity index (χ3v) is 5.94. The van der Waals surface area contributed by atoms with Gasteiger partial charge in [-0.3, -0.25) is 9.59 Å². The predicted molar refractivity (Wildman–Crippen MR) is 116 cm³/mol. The van der Waals surface area contributed by atoms with E-state index in [4.69, 9.17) is 10.5 Å². The van der Waals surface area contributed by atoms with Crippen molar-refractivity contribution in [1.29, 1.82) is 0 Å². The molecule has 2 heterocycles. The summed E-state index contributed by atoms with van der Waals surface area (Å²) in [4.78, 5) is 32.6. The molecule has 1 saturated heterocycles. The Hall–Kier alpha value is -3.39. The number of amides is 2. The van der Waals surface area contributed by atoms with Crippen molar-refractivity contribution >= 4 is 28.3 Å². The molecule has 0 aliphatic carbocycles. The molecule has 1 aliphatic rings. The first-order valence-corrected chi connectivity index (χ1v) is 10.5. The fourth-order valence-electron chi connectivity index (χ4n) is 3.26. The molecule has 1 fully saturated rings. The number of nitrogens with two attached hydrogens (primary N) is 1. The second-order valence-electron chi connectivity index (χ2n) is 7.07. The normalized spacial score (nSPS) is 13.9. The second-order valence-corrected chi connectivity index (χ2v) is 7.90. The number of carbonyl (C=O) groups excluding carboxylic acids is 2. The molecule has 7 nitrogen and oxygen atoms in total. The number of aromatic nitrogens is 1. The number of rotatable bonds is 5. The molecule has 0 atom stereocenters. The van der Waals surface area contributed by atoms with Gasteiger partial charge in [0.2, 0.25) is 5.91 Å². The fourth-order valence-corrected chi connectivity index (χ4v) is 4.12. The maximum absolute atomic E-state index is 12.8. The van der Waals surface area contributed by atoms with Gasteiger partial charge in [0.25, 0.3) is 5.91 Å². The zero-order valence-electron chi connectivity index (χ0n) is 16.6. The number of nitrogens with zero attached hydrogens (tertiary/aromatic N) is 3. The number of piperazine rings is 1. The first-order chi connectivity index (χ1) is 14.5. The van der Waals surface area contributed by atoms with Gasteiger partial charge in [0.15, 0.2) is 5.13 Å². The van der Waals surface area contributed by atoms with E-state index < -0.39 is 5.91 Å². The zero-order chi connectivity index (χ0) is 21.1. The summed E-state index contributed by atoms with van der Waals surface area (Å²) in [5.41, 5.74) is 7.32. The van der Waals surface area contributed by atoms with E-state index in [1.165, 1.54) is 0 Å². The summed E-state index contributed by atoms with van der Waals surface area (Å²) in [6, 6.07) is 13.7. The smallest absolute Gasteiger partial charge is 0.253 e. The standard InChI is InChI=1S/C22H22N4O3S/c1-15-14-30-22(24-15)26-12-10-25(11-13-26)21(28)17-4-8-19(9-5-17)29-18-6-2-16(3-7-18)20(23)27/h2-9,14H,10-13H2,1H3,(H2,23,27). The van der Waals surface area contributed by atoms with Gasteiger partial charge in [-0.2, -0.15) is 0 Å². The van der Waals surface area contributed by atoms with E-state index in [-0.39, 0.29) is 5.91 Å². The molecule has 0 saturated carbocycles. The van der Waals surface area contributed by atoms with Crippen molar-refractivity contribution in [2.45, 2.75) is 6.92 Å². The molecule has 2 N–H and O–H groups in total. The van der Waals surface area contributed by atoms with Crippen molar-refractivity contribution in [2.24, 2.45) is 5.73 Å². The third-order valence-electron chi connectivity index (χ3n) is 4.92. The molecule has 3 aromatic rings. The van der Waals surface area contributed by atoms with Crippen LogP contribution in [0.25, 0.3) is 0 Å². The van der Waals surface area contributed by atoms with Crippen LogP contribution in [0, 0.1) is 6.92 Å². The van der Waals surface area contributed by atoms with E-state index in [0.29, 0.717) is 35.7 Å². The van der Waals surface area contributed by atoms with Crippen LogP contribution in [0.2, 0.25) is 0 Å². The lowest BCUT2D eigenvalue weighted by molar-refractivity contribution is 0.0746. The zero-order valence-corrected chi connectivity index (χ0v) is 17.4. The molecule has 0 bridgehead atoms. The molecule has 0 spiro atoms. The summed E-state index contributed by atoms with van der Waals surface area (Å²) in [7, 11) is 0. The largest absolute Gasteiger partial charge is 0.457 e. The van der Waals surface area contributed by atoms with Crippen LogP contribution >= 0.6 is 11.3 Å². The highest BCUT2D eigenvalue weighted by Gasteiger charge is 2.23. The van der Waals surface area contributed by atoms with Crippen molar-refractivity contribution in [3.05, 3.63) is 70.7 Å². The van der Waals surface area contributed by atoms with E-state index in [9.17, 15) is 9.59 Å². The van der Waals surface area contributed by atoms with Crippen LogP contribution in [0.4, 0.5) is 5.13 Å². The molecule has 2 amide bonds. The van der Waals surface area contributed by atoms with Crippen LogP contribution in [0.3, 0.4) is 0 Å². The fraction of sp³-hybridized carbons (Fsp3) is 0.227. The highest BCUT2D eigenvalue weighted by atomic mass is 32.1. The van der Waals surface area contributed by atoms with Gasteiger partial charge in [0.05, 0.1) is 5.69 Å². The monoisotopic (exact) mass is 422 g/mol. The topological polar surface area (TPSA) is 88.8 Å². The van der Waals surface area contributed by atoms with Crippen molar-refractivity contribution in [1.82, 2.24) is 9.88 Å². The van der Waals surface area contributed by atoms with Gasteiger partial charge in [0, 0.05) is 42.7 Å². The molecule has 0 radical (unpaired) electrons. The Morgan fingerprint density at radius 1 is 0.933 bits per heavy atom. The van der Waals surface area contributed by atoms with Crippen LogP contribution in [-0.4, -0.2) is 47.9 Å². The van der Waals surface area contributed by atoms with Gasteiger partial charge in [-0.15, -0.1) is 11.3 Å². The van der Waals surface area contributed by atoms with Crippen molar-refractivity contribution in [3.8, 4) is 11.5 Å². The van der Waals surface area contributed by atoms with Gasteiger partial charge >= 0.3 is 0 Å². The van der Waals surface area contributed by atoms with Crippen LogP contribution < -0.4 is 15.4 Å². The Morgan fingerprint density at radius 2 is 1.50 bits per heavy atom. The average Bonchev–Trinajstić information content (AvgIpc) is 3.20. The third kappa shape index (κ3) is 4.44. The van der Waals surface area contributed by atoms with E-state index in [1.807, 2.05) is 17.2 Å². The number of ether oxygens (including phenoxy) is 1. The molecule has 1 aromatic heterocycles. The van der Waals surface area contributed by atoms with Gasteiger partial charge in [-0.1, -0.05) is 0 Å². The molecule has 30 heavy (non-hydrogen) atoms. The Kier molecular flexibility index (Phi) is 5.67. The number of hydrogen-bond donors (Lipinski definition) is 1. The predicted octanol–water partition coefficient (Wildman–Crippen LogP) is 3.31. The molecule has 0 unspecified atom stereocenters. The molecule has 8 heteroatoms. The van der Waals surface area contributed by atoms with Gasteiger partial charge in [-0.05, 0) is 55.5 Å². The number of hydrogen-bond acceptors (Lipinski definition) is 6. The van der Waals surface area contributed by atoms with Crippen molar-refractivity contribution in [3.63, 3.8) is 0 Å². The molecule has 1 aliphatic heterocycles. The minimum atomic E-state index is -0.480. The minimum Gasteiger partial charge on any atom is -0.457 e. The first kappa shape index (κ1) is 19.9. The SMILES string of the molecule is Cc1csc(N2CCN(C(=O)c3ccc(Oc4ccc(C(N)=O)cc4)cc3)CC2)n1. The molecule has 4 rings (SSSR count). The molecule has 2 aromatic carbocycles. The van der Waals surface area contributed by atoms with Crippen LogP contribution in [0.5, 0.6) is 11.5 Å². The number of aryl methyl sites for hydroxylation is 1. The highest BCUT2D eigenvalue weighted by molar-refractivity contribution is 7.13. The summed E-state index contributed by atoms with van der Waals surface area (Å²) in [6.07, 6.45) is 0. The summed E-state index contributed by atoms with van der Waals surface area (Å²) >= 11 is 1.64. The highest BCUT2D eigenvalue weighted by Crippen LogP contribution is 2.24. The van der Waals surface area contributed by atoms with E-state index in [0.717, 1.165) is 23.9 Å². The van der Waals surface area contributed by atoms with Crippen LogP contribution in [-0.2, 0) is 0 Å². The Labute approximate surface area is 178 Å². The number of primary amides is 1. The Bertz CT molecular complexity index is 1040. The van der Waals surface area contributed by atoms with Gasteiger partial charge in [0.1, 0.15) is 11.5 Å². The van der Waals surface area contributed by atoms with Gasteiger partial charge < -0.3 is 20.3 Å². The minimum absolute atomic E-state index is 0.0160. The lowest BCUT2D eigenvalue weighted by atomic mass is 10.1. The maximum Gasteiger partial charge on any atom is 0.253 e. The van der Waals surface area contributed by atoms with E-state index in [2.05, 4.69) is 9.88 Å². The number of anilines is 1. The van der Waals surface area contributed by atoms with Crippen molar-refractivity contribution < 1.29 is 14.3 Å². The lowest BCUT2D eigenvalue weighted by Gasteiger charge is -2.34. The summed E-state index contributed by atoms with van der Waals surface area (Å²) < 4.78 is 5.77. The van der Waals surface area contributed by atoms with E-state index in [1.54, 1.807) is 59.9 Å². The molecule has 154 valence electrons. The number of benzene rings is 2. The maximum atomic E-state index is 12.8. The summed E-state index contributed by atoms with van der Waals surface area (Å²) in [5, 5.41) is 3.06. The second kappa shape index (κ2) is 8.54. The Morgan fingerprint density at radius 3 is 2.00 bits per heavy atom. The van der Waals surface area contributed by atoms with Crippen molar-refractivity contribution in [2.75, 3.05) is 31.1 Å². The molecular weight excluding hydrogens is 400 g/mol. The van der Waals surface area contributed by atoms with E-state index >= 15 is 0 Å². The molecular formula is C22H22N4O3S. The van der Waals surface area contributed by atoms with Crippen LogP contribution in [0.15, 0.2) is 53.9 Å². The quantitative estimate of drug-likeness (QED) is 0.681. The summed E-state index contributed by atoms with van der Waals surface area (Å²) in [6.45, 7) is 4.88. The van der Waals surface area contributed by atoms with Crippen LogP contribution in [0.1, 0.15) is 26.4 Å². The lowest BCUT2D eigenvalue weighted by Crippen LogP contribution is -2.48. The van der Waals surface area contributed by atoms with Gasteiger partial charge in [-0.25, -0.2) is 4.98 Å². The number of carbonyl (C=O) groups is 2.